The lowest BCUT2D eigenvalue weighted by molar-refractivity contribution is -0.141. The van der Waals surface area contributed by atoms with Gasteiger partial charge in [-0.05, 0) is 63.4 Å². The first-order valence-corrected chi connectivity index (χ1v) is 10.8. The van der Waals surface area contributed by atoms with Crippen LogP contribution in [0.25, 0.3) is 0 Å². The normalized spacial score (nSPS) is 12.3. The van der Waals surface area contributed by atoms with E-state index in [0.717, 1.165) is 15.6 Å². The summed E-state index contributed by atoms with van der Waals surface area (Å²) in [5.74, 6) is -0.250. The highest BCUT2D eigenvalue weighted by molar-refractivity contribution is 9.10. The maximum absolute atomic E-state index is 13.1. The van der Waals surface area contributed by atoms with Crippen LogP contribution in [-0.2, 0) is 22.6 Å². The maximum Gasteiger partial charge on any atom is 0.242 e. The van der Waals surface area contributed by atoms with Gasteiger partial charge in [0.05, 0.1) is 0 Å². The molecule has 6 heteroatoms. The molecule has 2 amide bonds. The molecule has 2 rings (SSSR count). The number of halogens is 2. The smallest absolute Gasteiger partial charge is 0.242 e. The van der Waals surface area contributed by atoms with Crippen molar-refractivity contribution in [2.45, 2.75) is 58.7 Å². The van der Waals surface area contributed by atoms with Gasteiger partial charge in [-0.3, -0.25) is 9.59 Å². The Labute approximate surface area is 186 Å². The third-order valence-electron chi connectivity index (χ3n) is 4.47. The van der Waals surface area contributed by atoms with E-state index in [1.165, 1.54) is 0 Å². The second kappa shape index (κ2) is 10.3. The Morgan fingerprint density at radius 1 is 1.14 bits per heavy atom. The van der Waals surface area contributed by atoms with Crippen LogP contribution in [0.2, 0.25) is 5.02 Å². The molecule has 4 nitrogen and oxygen atoms in total. The van der Waals surface area contributed by atoms with Gasteiger partial charge in [0.2, 0.25) is 11.8 Å². The van der Waals surface area contributed by atoms with E-state index in [0.29, 0.717) is 18.0 Å². The number of rotatable bonds is 7. The topological polar surface area (TPSA) is 49.4 Å². The summed E-state index contributed by atoms with van der Waals surface area (Å²) in [6.07, 6.45) is 0.811. The Hall–Kier alpha value is -1.85. The van der Waals surface area contributed by atoms with Crippen LogP contribution in [0.4, 0.5) is 0 Å². The van der Waals surface area contributed by atoms with Crippen molar-refractivity contribution in [3.8, 4) is 0 Å². The van der Waals surface area contributed by atoms with Crippen molar-refractivity contribution in [3.63, 3.8) is 0 Å². The van der Waals surface area contributed by atoms with Gasteiger partial charge >= 0.3 is 0 Å². The minimum atomic E-state index is -0.591. The van der Waals surface area contributed by atoms with E-state index >= 15 is 0 Å². The predicted octanol–water partition coefficient (Wildman–Crippen LogP) is 5.37. The summed E-state index contributed by atoms with van der Waals surface area (Å²) in [4.78, 5) is 27.5. The molecule has 0 saturated carbocycles. The van der Waals surface area contributed by atoms with Gasteiger partial charge < -0.3 is 10.2 Å². The van der Waals surface area contributed by atoms with Crippen LogP contribution in [0.15, 0.2) is 53.0 Å². The summed E-state index contributed by atoms with van der Waals surface area (Å²) in [6, 6.07) is 14.7. The van der Waals surface area contributed by atoms with E-state index in [4.69, 9.17) is 11.6 Å². The minimum Gasteiger partial charge on any atom is -0.350 e. The second-order valence-corrected chi connectivity index (χ2v) is 9.48. The zero-order chi connectivity index (χ0) is 21.6. The third kappa shape index (κ3) is 7.48. The summed E-state index contributed by atoms with van der Waals surface area (Å²) >= 11 is 9.69. The summed E-state index contributed by atoms with van der Waals surface area (Å²) in [6.45, 7) is 7.91. The molecule has 0 unspecified atom stereocenters. The van der Waals surface area contributed by atoms with Gasteiger partial charge in [0, 0.05) is 28.0 Å². The first kappa shape index (κ1) is 23.4. The van der Waals surface area contributed by atoms with Crippen LogP contribution in [0.5, 0.6) is 0 Å². The molecule has 29 heavy (non-hydrogen) atoms. The number of carbonyl (C=O) groups excluding carboxylic acids is 2. The molecule has 0 aliphatic rings. The molecule has 2 aromatic carbocycles. The molecular weight excluding hydrogens is 452 g/mol. The van der Waals surface area contributed by atoms with Crippen molar-refractivity contribution in [2.24, 2.45) is 0 Å². The molecule has 0 bridgehead atoms. The van der Waals surface area contributed by atoms with E-state index in [1.54, 1.807) is 11.8 Å². The molecule has 0 fully saturated rings. The van der Waals surface area contributed by atoms with E-state index in [9.17, 15) is 9.59 Å². The number of benzene rings is 2. The highest BCUT2D eigenvalue weighted by Gasteiger charge is 2.28. The van der Waals surface area contributed by atoms with E-state index in [1.807, 2.05) is 69.3 Å². The Bertz CT molecular complexity index is 864. The monoisotopic (exact) mass is 478 g/mol. The second-order valence-electron chi connectivity index (χ2n) is 8.16. The van der Waals surface area contributed by atoms with Gasteiger partial charge in [0.15, 0.2) is 0 Å². The number of aryl methyl sites for hydroxylation is 1. The Balaban J connectivity index is 2.19. The van der Waals surface area contributed by atoms with Crippen molar-refractivity contribution in [3.05, 3.63) is 69.2 Å². The predicted molar refractivity (Wildman–Crippen MR) is 122 cm³/mol. The standard InChI is InChI=1S/C23H28BrClN2O2/c1-16(22(29)26-23(2,3)4)27(15-17-8-7-10-19(24)14-17)21(28)13-12-18-9-5-6-11-20(18)25/h5-11,14,16H,12-13,15H2,1-4H3,(H,26,29)/t16-/m0/s1. The molecule has 156 valence electrons. The van der Waals surface area contributed by atoms with Gasteiger partial charge in [-0.1, -0.05) is 57.9 Å². The Kier molecular flexibility index (Phi) is 8.29. The quantitative estimate of drug-likeness (QED) is 0.580. The average Bonchev–Trinajstić information content (AvgIpc) is 2.63. The fourth-order valence-electron chi connectivity index (χ4n) is 2.98. The Morgan fingerprint density at radius 3 is 2.45 bits per heavy atom. The van der Waals surface area contributed by atoms with Gasteiger partial charge in [0.25, 0.3) is 0 Å². The zero-order valence-corrected chi connectivity index (χ0v) is 19.7. The molecule has 1 atom stereocenters. The molecule has 0 aromatic heterocycles. The maximum atomic E-state index is 13.1. The molecule has 0 heterocycles. The fourth-order valence-corrected chi connectivity index (χ4v) is 3.65. The molecule has 0 spiro atoms. The van der Waals surface area contributed by atoms with Gasteiger partial charge in [-0.2, -0.15) is 0 Å². The molecule has 0 radical (unpaired) electrons. The Morgan fingerprint density at radius 2 is 1.83 bits per heavy atom. The van der Waals surface area contributed by atoms with Crippen LogP contribution >= 0.6 is 27.5 Å². The summed E-state index contributed by atoms with van der Waals surface area (Å²) in [5, 5.41) is 3.62. The van der Waals surface area contributed by atoms with Crippen molar-refractivity contribution in [2.75, 3.05) is 0 Å². The van der Waals surface area contributed by atoms with Gasteiger partial charge in [-0.25, -0.2) is 0 Å². The van der Waals surface area contributed by atoms with Crippen LogP contribution in [-0.4, -0.2) is 28.3 Å². The number of hydrogen-bond donors (Lipinski definition) is 1. The van der Waals surface area contributed by atoms with Crippen molar-refractivity contribution < 1.29 is 9.59 Å². The van der Waals surface area contributed by atoms with Crippen LogP contribution in [0.1, 0.15) is 45.2 Å². The highest BCUT2D eigenvalue weighted by Crippen LogP contribution is 2.20. The SMILES string of the molecule is C[C@@H](C(=O)NC(C)(C)C)N(Cc1cccc(Br)c1)C(=O)CCc1ccccc1Cl. The number of amides is 2. The minimum absolute atomic E-state index is 0.0820. The molecule has 2 aromatic rings. The molecule has 1 N–H and O–H groups in total. The highest BCUT2D eigenvalue weighted by atomic mass is 79.9. The fraction of sp³-hybridized carbons (Fsp3) is 0.391. The van der Waals surface area contributed by atoms with Crippen LogP contribution in [0.3, 0.4) is 0 Å². The molecule has 0 saturated heterocycles. The van der Waals surface area contributed by atoms with E-state index in [2.05, 4.69) is 21.2 Å². The van der Waals surface area contributed by atoms with Crippen LogP contribution < -0.4 is 5.32 Å². The largest absolute Gasteiger partial charge is 0.350 e. The van der Waals surface area contributed by atoms with Gasteiger partial charge in [0.1, 0.15) is 6.04 Å². The van der Waals surface area contributed by atoms with E-state index < -0.39 is 6.04 Å². The zero-order valence-electron chi connectivity index (χ0n) is 17.3. The first-order valence-electron chi connectivity index (χ1n) is 9.66. The summed E-state index contributed by atoms with van der Waals surface area (Å²) < 4.78 is 0.935. The van der Waals surface area contributed by atoms with Crippen molar-refractivity contribution in [1.82, 2.24) is 10.2 Å². The lowest BCUT2D eigenvalue weighted by atomic mass is 10.1. The molecular formula is C23H28BrClN2O2. The average molecular weight is 480 g/mol. The molecule has 0 aliphatic heterocycles. The molecule has 0 aliphatic carbocycles. The van der Waals surface area contributed by atoms with Crippen molar-refractivity contribution in [1.29, 1.82) is 0 Å². The van der Waals surface area contributed by atoms with Crippen molar-refractivity contribution >= 4 is 39.3 Å². The number of nitrogens with one attached hydrogen (secondary N) is 1. The summed E-state index contributed by atoms with van der Waals surface area (Å²) in [5.41, 5.74) is 1.52. The first-order chi connectivity index (χ1) is 13.6. The lowest BCUT2D eigenvalue weighted by Crippen LogP contribution is -2.52. The van der Waals surface area contributed by atoms with E-state index in [-0.39, 0.29) is 23.8 Å². The summed E-state index contributed by atoms with van der Waals surface area (Å²) in [7, 11) is 0. The van der Waals surface area contributed by atoms with Crippen LogP contribution in [0, 0.1) is 0 Å². The third-order valence-corrected chi connectivity index (χ3v) is 5.34. The lowest BCUT2D eigenvalue weighted by Gasteiger charge is -2.31. The number of hydrogen-bond acceptors (Lipinski definition) is 2. The number of nitrogens with zero attached hydrogens (tertiary/aromatic N) is 1. The van der Waals surface area contributed by atoms with Gasteiger partial charge in [-0.15, -0.1) is 0 Å². The number of carbonyl (C=O) groups is 2.